The van der Waals surface area contributed by atoms with Gasteiger partial charge in [0.25, 0.3) is 15.9 Å². The van der Waals surface area contributed by atoms with Gasteiger partial charge in [0, 0.05) is 25.5 Å². The van der Waals surface area contributed by atoms with Crippen LogP contribution < -0.4 is 5.32 Å². The lowest BCUT2D eigenvalue weighted by Gasteiger charge is -2.34. The molecule has 2 amide bonds. The SMILES string of the molecule is CCCON(C(C)C1CCCN1C)S(=O)(=O)c1ccccc1C(=O)NC(CC)N(C)C(=O)n1cccn1. The van der Waals surface area contributed by atoms with E-state index in [2.05, 4.69) is 15.3 Å². The van der Waals surface area contributed by atoms with Crippen LogP contribution in [0, 0.1) is 0 Å². The maximum absolute atomic E-state index is 13.9. The van der Waals surface area contributed by atoms with Crippen LogP contribution in [-0.2, 0) is 14.9 Å². The maximum Gasteiger partial charge on any atom is 0.346 e. The Kier molecular flexibility index (Phi) is 9.82. The van der Waals surface area contributed by atoms with Crippen LogP contribution >= 0.6 is 0 Å². The second kappa shape index (κ2) is 12.6. The van der Waals surface area contributed by atoms with Crippen molar-refractivity contribution in [2.45, 2.75) is 69.6 Å². The van der Waals surface area contributed by atoms with Crippen molar-refractivity contribution < 1.29 is 22.8 Å². The summed E-state index contributed by atoms with van der Waals surface area (Å²) in [5.41, 5.74) is -0.0158. The Hall–Kier alpha value is -2.80. The van der Waals surface area contributed by atoms with E-state index in [1.165, 1.54) is 29.4 Å². The molecule has 0 radical (unpaired) electrons. The van der Waals surface area contributed by atoms with Crippen molar-refractivity contribution in [2.75, 3.05) is 27.2 Å². The molecule has 3 unspecified atom stereocenters. The number of carbonyl (C=O) groups excluding carboxylic acids is 2. The topological polar surface area (TPSA) is 117 Å². The fourth-order valence-electron chi connectivity index (χ4n) is 4.63. The van der Waals surface area contributed by atoms with Crippen LogP contribution in [0.5, 0.6) is 0 Å². The maximum atomic E-state index is 13.9. The highest BCUT2D eigenvalue weighted by Gasteiger charge is 2.39. The minimum absolute atomic E-state index is 0.000880. The molecule has 2 aromatic rings. The molecule has 2 heterocycles. The number of aromatic nitrogens is 2. The molecule has 1 aliphatic rings. The molecule has 1 fully saturated rings. The average molecular weight is 535 g/mol. The number of benzene rings is 1. The van der Waals surface area contributed by atoms with Gasteiger partial charge in [-0.1, -0.05) is 30.4 Å². The first-order valence-electron chi connectivity index (χ1n) is 12.7. The van der Waals surface area contributed by atoms with Crippen LogP contribution in [0.1, 0.15) is 56.8 Å². The minimum atomic E-state index is -4.19. The normalized spacial score (nSPS) is 18.1. The number of likely N-dealkylation sites (N-methyl/N-ethyl adjacent to an activating group) is 1. The van der Waals surface area contributed by atoms with Gasteiger partial charge in [0.1, 0.15) is 6.17 Å². The number of rotatable bonds is 11. The Balaban J connectivity index is 1.89. The quantitative estimate of drug-likeness (QED) is 0.348. The van der Waals surface area contributed by atoms with E-state index in [1.807, 2.05) is 27.8 Å². The molecule has 1 N–H and O–H groups in total. The van der Waals surface area contributed by atoms with Gasteiger partial charge in [-0.3, -0.25) is 9.63 Å². The van der Waals surface area contributed by atoms with Crippen molar-refractivity contribution >= 4 is 22.0 Å². The molecule has 0 spiro atoms. The Labute approximate surface area is 219 Å². The third kappa shape index (κ3) is 6.38. The summed E-state index contributed by atoms with van der Waals surface area (Å²) in [6.45, 7) is 6.68. The van der Waals surface area contributed by atoms with Crippen molar-refractivity contribution in [3.8, 4) is 0 Å². The molecule has 204 valence electrons. The van der Waals surface area contributed by atoms with Crippen molar-refractivity contribution in [3.63, 3.8) is 0 Å². The summed E-state index contributed by atoms with van der Waals surface area (Å²) in [4.78, 5) is 35.3. The Morgan fingerprint density at radius 3 is 2.57 bits per heavy atom. The summed E-state index contributed by atoms with van der Waals surface area (Å²) in [5.74, 6) is -0.604. The van der Waals surface area contributed by atoms with Crippen LogP contribution in [0.2, 0.25) is 0 Å². The molecule has 1 aliphatic heterocycles. The van der Waals surface area contributed by atoms with Gasteiger partial charge in [-0.05, 0) is 64.4 Å². The number of hydrogen-bond donors (Lipinski definition) is 1. The van der Waals surface area contributed by atoms with Crippen LogP contribution in [0.15, 0.2) is 47.6 Å². The molecule has 0 saturated carbocycles. The molecule has 0 bridgehead atoms. The van der Waals surface area contributed by atoms with Crippen LogP contribution in [0.4, 0.5) is 4.79 Å². The number of nitrogens with zero attached hydrogens (tertiary/aromatic N) is 5. The molecule has 3 atom stereocenters. The number of amides is 2. The van der Waals surface area contributed by atoms with Crippen molar-refractivity contribution in [1.29, 1.82) is 0 Å². The molecule has 0 aliphatic carbocycles. The zero-order chi connectivity index (χ0) is 27.2. The van der Waals surface area contributed by atoms with Gasteiger partial charge in [-0.15, -0.1) is 0 Å². The standard InChI is InChI=1S/C25H38N6O5S/c1-6-18-36-31(19(3)21-13-10-16-28(21)4)37(34,35)22-14-9-8-12-20(22)24(32)27-23(7-2)29(5)25(33)30-17-11-15-26-30/h8-9,11-12,14-15,17,19,21,23H,6-7,10,13,16,18H2,1-5H3,(H,27,32). The van der Waals surface area contributed by atoms with Gasteiger partial charge < -0.3 is 15.1 Å². The van der Waals surface area contributed by atoms with Gasteiger partial charge in [0.15, 0.2) is 0 Å². The Morgan fingerprint density at radius 2 is 1.97 bits per heavy atom. The van der Waals surface area contributed by atoms with Gasteiger partial charge in [-0.2, -0.15) is 9.78 Å². The fourth-order valence-corrected chi connectivity index (χ4v) is 6.30. The van der Waals surface area contributed by atoms with E-state index in [0.29, 0.717) is 12.8 Å². The molecular formula is C25H38N6O5S. The van der Waals surface area contributed by atoms with Crippen molar-refractivity contribution in [1.82, 2.24) is 29.4 Å². The van der Waals surface area contributed by atoms with E-state index in [1.54, 1.807) is 25.2 Å². The Bertz CT molecular complexity index is 1160. The van der Waals surface area contributed by atoms with E-state index < -0.39 is 34.2 Å². The van der Waals surface area contributed by atoms with Gasteiger partial charge in [-0.25, -0.2) is 13.2 Å². The van der Waals surface area contributed by atoms with Crippen molar-refractivity contribution in [2.24, 2.45) is 0 Å². The van der Waals surface area contributed by atoms with Crippen LogP contribution in [0.25, 0.3) is 0 Å². The van der Waals surface area contributed by atoms with Gasteiger partial charge in [0.2, 0.25) is 0 Å². The fraction of sp³-hybridized carbons (Fsp3) is 0.560. The molecule has 1 saturated heterocycles. The lowest BCUT2D eigenvalue weighted by molar-refractivity contribution is -0.120. The monoisotopic (exact) mass is 534 g/mol. The van der Waals surface area contributed by atoms with E-state index in [0.717, 1.165) is 28.5 Å². The van der Waals surface area contributed by atoms with E-state index >= 15 is 0 Å². The highest BCUT2D eigenvalue weighted by molar-refractivity contribution is 7.89. The van der Waals surface area contributed by atoms with Gasteiger partial charge in [0.05, 0.1) is 23.1 Å². The third-order valence-electron chi connectivity index (χ3n) is 6.69. The molecule has 3 rings (SSSR count). The smallest absolute Gasteiger partial charge is 0.332 e. The van der Waals surface area contributed by atoms with Crippen LogP contribution in [-0.4, -0.2) is 89.9 Å². The average Bonchev–Trinajstić information content (AvgIpc) is 3.58. The number of carbonyl (C=O) groups is 2. The second-order valence-corrected chi connectivity index (χ2v) is 11.0. The number of nitrogens with one attached hydrogen (secondary N) is 1. The van der Waals surface area contributed by atoms with E-state index in [-0.39, 0.29) is 23.1 Å². The largest absolute Gasteiger partial charge is 0.346 e. The lowest BCUT2D eigenvalue weighted by atomic mass is 10.1. The number of likely N-dealkylation sites (tertiary alicyclic amines) is 1. The summed E-state index contributed by atoms with van der Waals surface area (Å²) in [5, 5.41) is 6.75. The summed E-state index contributed by atoms with van der Waals surface area (Å²) in [6, 6.07) is 6.82. The number of sulfonamides is 1. The second-order valence-electron chi connectivity index (χ2n) is 9.26. The summed E-state index contributed by atoms with van der Waals surface area (Å²) in [6.07, 6.45) is 5.20. The predicted molar refractivity (Wildman–Crippen MR) is 139 cm³/mol. The Morgan fingerprint density at radius 1 is 1.24 bits per heavy atom. The highest BCUT2D eigenvalue weighted by atomic mass is 32.2. The van der Waals surface area contributed by atoms with Gasteiger partial charge >= 0.3 is 6.03 Å². The number of hydrogen-bond acceptors (Lipinski definition) is 7. The summed E-state index contributed by atoms with van der Waals surface area (Å²) in [7, 11) is -0.660. The molecule has 1 aromatic carbocycles. The first-order chi connectivity index (χ1) is 17.6. The van der Waals surface area contributed by atoms with E-state index in [4.69, 9.17) is 4.84 Å². The lowest BCUT2D eigenvalue weighted by Crippen LogP contribution is -2.51. The minimum Gasteiger partial charge on any atom is -0.332 e. The summed E-state index contributed by atoms with van der Waals surface area (Å²) >= 11 is 0. The van der Waals surface area contributed by atoms with E-state index in [9.17, 15) is 18.0 Å². The van der Waals surface area contributed by atoms with Crippen molar-refractivity contribution in [3.05, 3.63) is 48.3 Å². The molecule has 37 heavy (non-hydrogen) atoms. The van der Waals surface area contributed by atoms with Crippen LogP contribution in [0.3, 0.4) is 0 Å². The first kappa shape index (κ1) is 28.8. The highest BCUT2D eigenvalue weighted by Crippen LogP contribution is 2.28. The molecular weight excluding hydrogens is 496 g/mol. The molecule has 12 heteroatoms. The first-order valence-corrected chi connectivity index (χ1v) is 14.1. The number of hydroxylamine groups is 1. The zero-order valence-corrected chi connectivity index (χ0v) is 23.0. The zero-order valence-electron chi connectivity index (χ0n) is 22.2. The molecule has 11 nitrogen and oxygen atoms in total. The summed E-state index contributed by atoms with van der Waals surface area (Å²) < 4.78 is 30.1. The molecule has 1 aromatic heterocycles. The predicted octanol–water partition coefficient (Wildman–Crippen LogP) is 2.76. The third-order valence-corrected chi connectivity index (χ3v) is 8.51.